The molecule has 1 N–H and O–H groups in total. The number of benzene rings is 1. The molecule has 10 heteroatoms. The van der Waals surface area contributed by atoms with Crippen LogP contribution < -0.4 is 5.32 Å². The summed E-state index contributed by atoms with van der Waals surface area (Å²) < 4.78 is 6.74. The molecule has 142 valence electrons. The first-order chi connectivity index (χ1) is 13.5. The number of ether oxygens (including phenoxy) is 1. The lowest BCUT2D eigenvalue weighted by Gasteiger charge is -2.09. The zero-order valence-corrected chi connectivity index (χ0v) is 16.3. The molecule has 28 heavy (non-hydrogen) atoms. The quantitative estimate of drug-likeness (QED) is 0.618. The Labute approximate surface area is 169 Å². The van der Waals surface area contributed by atoms with Gasteiger partial charge in [-0.25, -0.2) is 14.5 Å². The maximum Gasteiger partial charge on any atom is 0.341 e. The van der Waals surface area contributed by atoms with Crippen molar-refractivity contribution in [3.05, 3.63) is 52.4 Å². The van der Waals surface area contributed by atoms with E-state index in [0.717, 1.165) is 16.9 Å². The number of nitrogens with one attached hydrogen (secondary N) is 1. The van der Waals surface area contributed by atoms with Crippen LogP contribution >= 0.6 is 22.9 Å². The van der Waals surface area contributed by atoms with Gasteiger partial charge >= 0.3 is 5.97 Å². The van der Waals surface area contributed by atoms with Crippen molar-refractivity contribution in [3.8, 4) is 17.2 Å². The van der Waals surface area contributed by atoms with Gasteiger partial charge in [0.05, 0.1) is 6.61 Å². The van der Waals surface area contributed by atoms with Crippen LogP contribution in [-0.2, 0) is 16.1 Å². The van der Waals surface area contributed by atoms with Crippen molar-refractivity contribution in [1.29, 1.82) is 5.26 Å². The molecule has 0 saturated carbocycles. The number of carbonyl (C=O) groups excluding carboxylic acids is 2. The topological polar surface area (TPSA) is 110 Å². The van der Waals surface area contributed by atoms with E-state index in [1.807, 2.05) is 30.3 Å². The van der Waals surface area contributed by atoms with Crippen LogP contribution in [0.1, 0.15) is 23.1 Å². The summed E-state index contributed by atoms with van der Waals surface area (Å²) in [6, 6.07) is 10.9. The lowest BCUT2D eigenvalue weighted by atomic mass is 10.0. The van der Waals surface area contributed by atoms with E-state index in [1.165, 1.54) is 11.0 Å². The molecule has 1 amide bonds. The maximum atomic E-state index is 12.6. The van der Waals surface area contributed by atoms with Crippen LogP contribution in [0.15, 0.2) is 36.7 Å². The zero-order chi connectivity index (χ0) is 20.1. The Hall–Kier alpha value is -3.22. The number of thiophene rings is 1. The summed E-state index contributed by atoms with van der Waals surface area (Å²) in [5.74, 6) is -1.06. The molecule has 8 nitrogen and oxygen atoms in total. The predicted molar refractivity (Wildman–Crippen MR) is 104 cm³/mol. The fourth-order valence-electron chi connectivity index (χ4n) is 2.49. The van der Waals surface area contributed by atoms with Crippen LogP contribution in [0.25, 0.3) is 11.1 Å². The molecule has 0 unspecified atom stereocenters. The summed E-state index contributed by atoms with van der Waals surface area (Å²) in [5.41, 5.74) is 1.45. The summed E-state index contributed by atoms with van der Waals surface area (Å²) in [6.45, 7) is 1.71. The number of nitrogens with zero attached hydrogens (tertiary/aromatic N) is 4. The van der Waals surface area contributed by atoms with Gasteiger partial charge in [0.2, 0.25) is 5.91 Å². The fourth-order valence-corrected chi connectivity index (χ4v) is 3.88. The summed E-state index contributed by atoms with van der Waals surface area (Å²) in [6.07, 6.45) is 1.28. The highest BCUT2D eigenvalue weighted by molar-refractivity contribution is 7.21. The number of hydrogen-bond donors (Lipinski definition) is 1. The van der Waals surface area contributed by atoms with Crippen molar-refractivity contribution in [2.75, 3.05) is 11.9 Å². The molecule has 0 saturated heterocycles. The Balaban J connectivity index is 1.92. The first kappa shape index (κ1) is 19.5. The smallest absolute Gasteiger partial charge is 0.341 e. The van der Waals surface area contributed by atoms with E-state index in [9.17, 15) is 9.59 Å². The third-order valence-corrected chi connectivity index (χ3v) is 4.92. The van der Waals surface area contributed by atoms with Gasteiger partial charge in [0.25, 0.3) is 5.82 Å². The lowest BCUT2D eigenvalue weighted by molar-refractivity contribution is -0.116. The van der Waals surface area contributed by atoms with Gasteiger partial charge in [-0.2, -0.15) is 5.26 Å². The van der Waals surface area contributed by atoms with E-state index < -0.39 is 11.9 Å². The van der Waals surface area contributed by atoms with Crippen molar-refractivity contribution < 1.29 is 14.3 Å². The van der Waals surface area contributed by atoms with Crippen molar-refractivity contribution in [2.45, 2.75) is 13.5 Å². The number of nitriles is 1. The zero-order valence-electron chi connectivity index (χ0n) is 14.7. The van der Waals surface area contributed by atoms with Gasteiger partial charge in [-0.3, -0.25) is 4.79 Å². The molecule has 3 rings (SSSR count). The van der Waals surface area contributed by atoms with Gasteiger partial charge in [0, 0.05) is 5.56 Å². The summed E-state index contributed by atoms with van der Waals surface area (Å²) >= 11 is 7.46. The van der Waals surface area contributed by atoms with Crippen molar-refractivity contribution in [3.63, 3.8) is 0 Å². The molecule has 3 aromatic rings. The highest BCUT2D eigenvalue weighted by Crippen LogP contribution is 2.43. The highest BCUT2D eigenvalue weighted by Gasteiger charge is 2.26. The first-order valence-corrected chi connectivity index (χ1v) is 9.37. The average Bonchev–Trinajstić information content (AvgIpc) is 3.26. The third-order valence-electron chi connectivity index (χ3n) is 3.60. The van der Waals surface area contributed by atoms with E-state index in [-0.39, 0.29) is 29.5 Å². The Morgan fingerprint density at radius 1 is 1.36 bits per heavy atom. The second-order valence-electron chi connectivity index (χ2n) is 5.47. The predicted octanol–water partition coefficient (Wildman–Crippen LogP) is 3.35. The van der Waals surface area contributed by atoms with Gasteiger partial charge in [-0.05, 0) is 12.5 Å². The minimum atomic E-state index is -0.577. The molecule has 0 radical (unpaired) electrons. The van der Waals surface area contributed by atoms with Crippen LogP contribution in [0, 0.1) is 11.3 Å². The Morgan fingerprint density at radius 3 is 2.75 bits per heavy atom. The number of halogens is 1. The molecule has 2 aromatic heterocycles. The Morgan fingerprint density at radius 2 is 2.11 bits per heavy atom. The maximum absolute atomic E-state index is 12.6. The van der Waals surface area contributed by atoms with E-state index in [1.54, 1.807) is 13.0 Å². The number of rotatable bonds is 6. The van der Waals surface area contributed by atoms with Gasteiger partial charge in [0.15, 0.2) is 0 Å². The summed E-state index contributed by atoms with van der Waals surface area (Å²) in [5, 5.41) is 15.6. The normalized spacial score (nSPS) is 10.3. The second-order valence-corrected chi connectivity index (χ2v) is 7.09. The second kappa shape index (κ2) is 8.65. The average molecular weight is 416 g/mol. The Bertz CT molecular complexity index is 1060. The molecule has 0 aliphatic carbocycles. The molecule has 0 atom stereocenters. The van der Waals surface area contributed by atoms with Gasteiger partial charge < -0.3 is 10.1 Å². The van der Waals surface area contributed by atoms with Crippen LogP contribution in [0.3, 0.4) is 0 Å². The van der Waals surface area contributed by atoms with Gasteiger partial charge in [0.1, 0.15) is 33.8 Å². The first-order valence-electron chi connectivity index (χ1n) is 8.17. The molecule has 1 aromatic carbocycles. The van der Waals surface area contributed by atoms with Crippen LogP contribution in [-0.4, -0.2) is 33.2 Å². The number of hydrogen-bond acceptors (Lipinski definition) is 7. The van der Waals surface area contributed by atoms with Crippen LogP contribution in [0.5, 0.6) is 0 Å². The van der Waals surface area contributed by atoms with E-state index >= 15 is 0 Å². The molecular weight excluding hydrogens is 402 g/mol. The minimum absolute atomic E-state index is 0.0365. The minimum Gasteiger partial charge on any atom is -0.462 e. The molecule has 0 aliphatic rings. The lowest BCUT2D eigenvalue weighted by Crippen LogP contribution is -2.20. The number of esters is 1. The van der Waals surface area contributed by atoms with Crippen molar-refractivity contribution in [2.24, 2.45) is 0 Å². The van der Waals surface area contributed by atoms with E-state index in [0.29, 0.717) is 9.90 Å². The highest BCUT2D eigenvalue weighted by atomic mass is 35.5. The van der Waals surface area contributed by atoms with Crippen LogP contribution in [0.2, 0.25) is 4.34 Å². The molecule has 0 bridgehead atoms. The Kier molecular flexibility index (Phi) is 6.03. The fraction of sp³-hybridized carbons (Fsp3) is 0.167. The van der Waals surface area contributed by atoms with Crippen LogP contribution in [0.4, 0.5) is 5.00 Å². The molecular formula is C18H14ClN5O3S. The summed E-state index contributed by atoms with van der Waals surface area (Å²) in [4.78, 5) is 28.7. The monoisotopic (exact) mass is 415 g/mol. The standard InChI is InChI=1S/C18H14ClN5O3S/c1-2-27-18(26)15-14(11-6-4-3-5-7-11)16(19)28-17(15)22-13(25)9-24-10-21-12(8-20)23-24/h3-7,10H,2,9H2,1H3,(H,22,25). The SMILES string of the molecule is CCOC(=O)c1c(NC(=O)Cn2cnc(C#N)n2)sc(Cl)c1-c1ccccc1. The third kappa shape index (κ3) is 4.19. The molecule has 0 fully saturated rings. The van der Waals surface area contributed by atoms with Gasteiger partial charge in [-0.1, -0.05) is 41.9 Å². The molecule has 2 heterocycles. The molecule has 0 aliphatic heterocycles. The van der Waals surface area contributed by atoms with E-state index in [4.69, 9.17) is 21.6 Å². The number of anilines is 1. The number of amides is 1. The molecule has 0 spiro atoms. The number of aromatic nitrogens is 3. The van der Waals surface area contributed by atoms with E-state index in [2.05, 4.69) is 15.4 Å². The largest absolute Gasteiger partial charge is 0.462 e. The van der Waals surface area contributed by atoms with Crippen molar-refractivity contribution >= 4 is 39.8 Å². The number of carbonyl (C=O) groups is 2. The van der Waals surface area contributed by atoms with Crippen molar-refractivity contribution in [1.82, 2.24) is 14.8 Å². The summed E-state index contributed by atoms with van der Waals surface area (Å²) in [7, 11) is 0. The van der Waals surface area contributed by atoms with Gasteiger partial charge in [-0.15, -0.1) is 16.4 Å².